The number of aryl methyl sites for hydroxylation is 1. The number of carbonyl (C=O) groups is 2. The minimum Gasteiger partial charge on any atom is -0.386 e. The molecule has 0 aromatic heterocycles. The van der Waals surface area contributed by atoms with Crippen molar-refractivity contribution in [2.75, 3.05) is 25.0 Å². The molecule has 2 amide bonds. The first-order valence-corrected chi connectivity index (χ1v) is 8.59. The molecule has 1 saturated heterocycles. The highest BCUT2D eigenvalue weighted by molar-refractivity contribution is 5.92. The van der Waals surface area contributed by atoms with Crippen LogP contribution in [0.4, 0.5) is 5.69 Å². The Morgan fingerprint density at radius 1 is 1.16 bits per heavy atom. The van der Waals surface area contributed by atoms with E-state index in [9.17, 15) is 9.59 Å². The van der Waals surface area contributed by atoms with Gasteiger partial charge in [0.1, 0.15) is 0 Å². The van der Waals surface area contributed by atoms with Crippen molar-refractivity contribution in [2.45, 2.75) is 40.5 Å². The summed E-state index contributed by atoms with van der Waals surface area (Å²) in [6.07, 6.45) is 1.36. The summed E-state index contributed by atoms with van der Waals surface area (Å²) in [7, 11) is 0. The molecule has 1 aliphatic heterocycles. The van der Waals surface area contributed by atoms with Crippen LogP contribution in [0.25, 0.3) is 0 Å². The van der Waals surface area contributed by atoms with Gasteiger partial charge in [0, 0.05) is 37.0 Å². The summed E-state index contributed by atoms with van der Waals surface area (Å²) in [4.78, 5) is 31.1. The molecular weight excluding hydrogens is 318 g/mol. The number of benzene rings is 1. The third-order valence-electron chi connectivity index (χ3n) is 3.99. The summed E-state index contributed by atoms with van der Waals surface area (Å²) in [6, 6.07) is 7.56. The smallest absolute Gasteiger partial charge is 0.265 e. The van der Waals surface area contributed by atoms with Crippen molar-refractivity contribution in [1.82, 2.24) is 4.90 Å². The van der Waals surface area contributed by atoms with Crippen molar-refractivity contribution in [2.24, 2.45) is 10.6 Å². The molecule has 0 bridgehead atoms. The van der Waals surface area contributed by atoms with E-state index in [2.05, 4.69) is 10.5 Å². The Kier molecular flexibility index (Phi) is 6.17. The average Bonchev–Trinajstić information content (AvgIpc) is 2.56. The second-order valence-corrected chi connectivity index (χ2v) is 7.39. The van der Waals surface area contributed by atoms with Gasteiger partial charge in [0.2, 0.25) is 5.91 Å². The number of carbonyl (C=O) groups excluding carboxylic acids is 2. The molecule has 0 saturated carbocycles. The van der Waals surface area contributed by atoms with Crippen molar-refractivity contribution < 1.29 is 14.4 Å². The number of nitrogens with zero attached hydrogens (tertiary/aromatic N) is 2. The van der Waals surface area contributed by atoms with Gasteiger partial charge in [-0.15, -0.1) is 0 Å². The fourth-order valence-corrected chi connectivity index (χ4v) is 2.55. The van der Waals surface area contributed by atoms with E-state index >= 15 is 0 Å². The summed E-state index contributed by atoms with van der Waals surface area (Å²) >= 11 is 0. The predicted molar refractivity (Wildman–Crippen MR) is 98.5 cm³/mol. The van der Waals surface area contributed by atoms with Gasteiger partial charge in [-0.2, -0.15) is 0 Å². The number of oxime groups is 1. The average molecular weight is 345 g/mol. The minimum atomic E-state index is -0.362. The SMILES string of the molecule is Cc1ccc(NC(=O)CON=C2CCN(C(=O)C(C)(C)C)CC2)cc1. The summed E-state index contributed by atoms with van der Waals surface area (Å²) in [5, 5.41) is 6.81. The highest BCUT2D eigenvalue weighted by Gasteiger charge is 2.29. The van der Waals surface area contributed by atoms with Gasteiger partial charge in [0.05, 0.1) is 5.71 Å². The maximum Gasteiger partial charge on any atom is 0.265 e. The quantitative estimate of drug-likeness (QED) is 0.853. The standard InChI is InChI=1S/C19H27N3O3/c1-14-5-7-15(8-6-14)20-17(23)13-25-21-16-9-11-22(12-10-16)18(24)19(2,3)4/h5-8H,9-13H2,1-4H3,(H,20,23). The summed E-state index contributed by atoms with van der Waals surface area (Å²) in [5.74, 6) is -0.0847. The van der Waals surface area contributed by atoms with Crippen LogP contribution in [0, 0.1) is 12.3 Å². The van der Waals surface area contributed by atoms with Gasteiger partial charge < -0.3 is 15.1 Å². The number of hydrogen-bond donors (Lipinski definition) is 1. The first kappa shape index (κ1) is 19.0. The summed E-state index contributed by atoms with van der Waals surface area (Å²) in [5.41, 5.74) is 2.40. The van der Waals surface area contributed by atoms with E-state index in [-0.39, 0.29) is 23.8 Å². The van der Waals surface area contributed by atoms with Crippen LogP contribution in [-0.4, -0.2) is 42.1 Å². The molecule has 6 nitrogen and oxygen atoms in total. The molecule has 25 heavy (non-hydrogen) atoms. The van der Waals surface area contributed by atoms with E-state index in [1.54, 1.807) is 0 Å². The molecule has 1 aliphatic rings. The lowest BCUT2D eigenvalue weighted by Gasteiger charge is -2.32. The lowest BCUT2D eigenvalue weighted by molar-refractivity contribution is -0.139. The zero-order valence-electron chi connectivity index (χ0n) is 15.5. The van der Waals surface area contributed by atoms with Crippen molar-refractivity contribution in [3.63, 3.8) is 0 Å². The molecule has 1 N–H and O–H groups in total. The Bertz CT molecular complexity index is 635. The zero-order chi connectivity index (χ0) is 18.4. The van der Waals surface area contributed by atoms with Gasteiger partial charge in [-0.05, 0) is 19.1 Å². The molecule has 6 heteroatoms. The third kappa shape index (κ3) is 5.89. The van der Waals surface area contributed by atoms with Gasteiger partial charge in [-0.1, -0.05) is 43.6 Å². The van der Waals surface area contributed by atoms with Gasteiger partial charge in [-0.25, -0.2) is 0 Å². The van der Waals surface area contributed by atoms with Crippen LogP contribution < -0.4 is 5.32 Å². The Hall–Kier alpha value is -2.37. The van der Waals surface area contributed by atoms with E-state index in [4.69, 9.17) is 4.84 Å². The first-order chi connectivity index (χ1) is 11.8. The van der Waals surface area contributed by atoms with E-state index in [1.807, 2.05) is 56.9 Å². The molecule has 1 heterocycles. The molecular formula is C19H27N3O3. The van der Waals surface area contributed by atoms with Crippen LogP contribution in [0.2, 0.25) is 0 Å². The molecule has 1 aromatic rings. The van der Waals surface area contributed by atoms with Crippen molar-refractivity contribution in [3.05, 3.63) is 29.8 Å². The number of amides is 2. The Balaban J connectivity index is 1.73. The normalized spacial score (nSPS) is 14.9. The van der Waals surface area contributed by atoms with Crippen LogP contribution in [0.5, 0.6) is 0 Å². The second-order valence-electron chi connectivity index (χ2n) is 7.39. The largest absolute Gasteiger partial charge is 0.386 e. The van der Waals surface area contributed by atoms with Crippen LogP contribution in [0.1, 0.15) is 39.2 Å². The van der Waals surface area contributed by atoms with Gasteiger partial charge in [0.15, 0.2) is 6.61 Å². The molecule has 2 rings (SSSR count). The number of hydrogen-bond acceptors (Lipinski definition) is 4. The van der Waals surface area contributed by atoms with Gasteiger partial charge >= 0.3 is 0 Å². The third-order valence-corrected chi connectivity index (χ3v) is 3.99. The van der Waals surface area contributed by atoms with Crippen LogP contribution >= 0.6 is 0 Å². The summed E-state index contributed by atoms with van der Waals surface area (Å²) in [6.45, 7) is 8.94. The first-order valence-electron chi connectivity index (χ1n) is 8.59. The Morgan fingerprint density at radius 2 is 1.76 bits per heavy atom. The Morgan fingerprint density at radius 3 is 2.32 bits per heavy atom. The number of nitrogens with one attached hydrogen (secondary N) is 1. The highest BCUT2D eigenvalue weighted by Crippen LogP contribution is 2.20. The monoisotopic (exact) mass is 345 g/mol. The maximum absolute atomic E-state index is 12.2. The summed E-state index contributed by atoms with van der Waals surface area (Å²) < 4.78 is 0. The molecule has 136 valence electrons. The molecule has 0 atom stereocenters. The lowest BCUT2D eigenvalue weighted by atomic mass is 9.93. The van der Waals surface area contributed by atoms with Crippen LogP contribution in [0.15, 0.2) is 29.4 Å². The van der Waals surface area contributed by atoms with Crippen molar-refractivity contribution in [1.29, 1.82) is 0 Å². The number of likely N-dealkylation sites (tertiary alicyclic amines) is 1. The topological polar surface area (TPSA) is 71.0 Å². The molecule has 1 fully saturated rings. The molecule has 0 unspecified atom stereocenters. The van der Waals surface area contributed by atoms with E-state index in [0.29, 0.717) is 25.9 Å². The van der Waals surface area contributed by atoms with Crippen LogP contribution in [0.3, 0.4) is 0 Å². The van der Waals surface area contributed by atoms with Crippen LogP contribution in [-0.2, 0) is 14.4 Å². The van der Waals surface area contributed by atoms with Gasteiger partial charge in [-0.3, -0.25) is 9.59 Å². The fourth-order valence-electron chi connectivity index (χ4n) is 2.55. The molecule has 0 aliphatic carbocycles. The lowest BCUT2D eigenvalue weighted by Crippen LogP contribution is -2.44. The molecule has 0 radical (unpaired) electrons. The number of anilines is 1. The highest BCUT2D eigenvalue weighted by atomic mass is 16.6. The van der Waals surface area contributed by atoms with E-state index in [1.165, 1.54) is 0 Å². The Labute approximate surface area is 149 Å². The minimum absolute atomic E-state index is 0.123. The van der Waals surface area contributed by atoms with Gasteiger partial charge in [0.25, 0.3) is 5.91 Å². The van der Waals surface area contributed by atoms with Crippen molar-refractivity contribution in [3.8, 4) is 0 Å². The number of piperidine rings is 1. The number of rotatable bonds is 4. The fraction of sp³-hybridized carbons (Fsp3) is 0.526. The second kappa shape index (κ2) is 8.14. The maximum atomic E-state index is 12.2. The van der Waals surface area contributed by atoms with Crippen molar-refractivity contribution >= 4 is 23.2 Å². The van der Waals surface area contributed by atoms with E-state index in [0.717, 1.165) is 17.0 Å². The predicted octanol–water partition coefficient (Wildman–Crippen LogP) is 2.97. The zero-order valence-corrected chi connectivity index (χ0v) is 15.5. The van der Waals surface area contributed by atoms with E-state index < -0.39 is 0 Å². The molecule has 0 spiro atoms. The molecule has 1 aromatic carbocycles.